The molecule has 0 amide bonds. The van der Waals surface area contributed by atoms with Crippen LogP contribution >= 0.6 is 0 Å². The first kappa shape index (κ1) is 11.9. The molecule has 1 aromatic rings. The van der Waals surface area contributed by atoms with Crippen LogP contribution in [0.3, 0.4) is 0 Å². The Balaban J connectivity index is 2.48. The van der Waals surface area contributed by atoms with Crippen LogP contribution in [0.1, 0.15) is 12.7 Å². The van der Waals surface area contributed by atoms with E-state index in [1.807, 2.05) is 11.5 Å². The Morgan fingerprint density at radius 2 is 2.40 bits per heavy atom. The third kappa shape index (κ3) is 3.16. The number of aryl methyl sites for hydroxylation is 2. The molecule has 0 aromatic carbocycles. The fourth-order valence-electron chi connectivity index (χ4n) is 1.12. The van der Waals surface area contributed by atoms with Crippen molar-refractivity contribution < 1.29 is 14.1 Å². The number of aliphatic carboxylic acids is 1. The van der Waals surface area contributed by atoms with E-state index in [1.165, 1.54) is 6.92 Å². The second-order valence-corrected chi connectivity index (χ2v) is 5.11. The molecule has 15 heavy (non-hydrogen) atoms. The molecule has 0 radical (unpaired) electrons. The molecular weight excluding hydrogens is 216 g/mol. The van der Waals surface area contributed by atoms with Crippen molar-refractivity contribution in [2.75, 3.05) is 5.75 Å². The summed E-state index contributed by atoms with van der Waals surface area (Å²) in [7, 11) is -1.34. The molecule has 0 spiro atoms. The Labute approximate surface area is 90.6 Å². The van der Waals surface area contributed by atoms with Gasteiger partial charge in [0.05, 0.1) is 0 Å². The first-order chi connectivity index (χ1) is 7.02. The summed E-state index contributed by atoms with van der Waals surface area (Å²) in [5.41, 5.74) is 0. The zero-order valence-corrected chi connectivity index (χ0v) is 9.53. The quantitative estimate of drug-likeness (QED) is 0.795. The molecule has 2 unspecified atom stereocenters. The average molecular weight is 230 g/mol. The number of imidazole rings is 1. The Bertz CT molecular complexity index is 375. The summed E-state index contributed by atoms with van der Waals surface area (Å²) >= 11 is 0. The Hall–Kier alpha value is -1.17. The van der Waals surface area contributed by atoms with Gasteiger partial charge in [-0.25, -0.2) is 4.98 Å². The van der Waals surface area contributed by atoms with Crippen LogP contribution in [-0.2, 0) is 22.1 Å². The number of rotatable bonds is 5. The van der Waals surface area contributed by atoms with Gasteiger partial charge in [-0.1, -0.05) is 0 Å². The maximum absolute atomic E-state index is 11.5. The van der Waals surface area contributed by atoms with Gasteiger partial charge in [0.1, 0.15) is 11.1 Å². The van der Waals surface area contributed by atoms with E-state index in [4.69, 9.17) is 5.11 Å². The second-order valence-electron chi connectivity index (χ2n) is 3.23. The summed E-state index contributed by atoms with van der Waals surface area (Å²) in [6.45, 7) is 3.85. The van der Waals surface area contributed by atoms with E-state index in [0.717, 1.165) is 5.82 Å². The minimum Gasteiger partial charge on any atom is -0.480 e. The van der Waals surface area contributed by atoms with Gasteiger partial charge < -0.3 is 9.67 Å². The summed E-state index contributed by atoms with van der Waals surface area (Å²) in [4.78, 5) is 14.6. The molecule has 0 bridgehead atoms. The molecule has 0 aliphatic heterocycles. The lowest BCUT2D eigenvalue weighted by atomic mass is 10.5. The maximum atomic E-state index is 11.5. The van der Waals surface area contributed by atoms with Gasteiger partial charge in [0.2, 0.25) is 0 Å². The number of aromatic nitrogens is 2. The molecule has 1 N–H and O–H groups in total. The molecule has 84 valence electrons. The summed E-state index contributed by atoms with van der Waals surface area (Å²) in [5, 5.41) is 7.84. The first-order valence-electron chi connectivity index (χ1n) is 4.60. The van der Waals surface area contributed by atoms with E-state index in [-0.39, 0.29) is 0 Å². The lowest BCUT2D eigenvalue weighted by Gasteiger charge is -2.07. The van der Waals surface area contributed by atoms with E-state index in [9.17, 15) is 9.00 Å². The lowest BCUT2D eigenvalue weighted by Crippen LogP contribution is -2.25. The molecule has 0 aliphatic carbocycles. The monoisotopic (exact) mass is 230 g/mol. The molecule has 0 saturated heterocycles. The summed E-state index contributed by atoms with van der Waals surface area (Å²) in [6.07, 6.45) is 3.46. The highest BCUT2D eigenvalue weighted by atomic mass is 32.2. The molecule has 1 rings (SSSR count). The first-order valence-corrected chi connectivity index (χ1v) is 5.98. The fraction of sp³-hybridized carbons (Fsp3) is 0.556. The van der Waals surface area contributed by atoms with Crippen molar-refractivity contribution in [2.45, 2.75) is 25.6 Å². The van der Waals surface area contributed by atoms with Crippen molar-refractivity contribution in [3.63, 3.8) is 0 Å². The number of carboxylic acids is 1. The van der Waals surface area contributed by atoms with Gasteiger partial charge in [-0.3, -0.25) is 9.00 Å². The van der Waals surface area contributed by atoms with Crippen molar-refractivity contribution in [2.24, 2.45) is 0 Å². The van der Waals surface area contributed by atoms with Crippen LogP contribution in [0.25, 0.3) is 0 Å². The minimum atomic E-state index is -1.34. The van der Waals surface area contributed by atoms with Crippen molar-refractivity contribution in [3.8, 4) is 0 Å². The molecule has 6 heteroatoms. The number of carboxylic acid groups (broad SMARTS) is 1. The molecule has 1 heterocycles. The van der Waals surface area contributed by atoms with Crippen molar-refractivity contribution >= 4 is 16.8 Å². The summed E-state index contributed by atoms with van der Waals surface area (Å²) in [5.74, 6) is 0.163. The van der Waals surface area contributed by atoms with E-state index in [0.29, 0.717) is 12.3 Å². The van der Waals surface area contributed by atoms with Crippen LogP contribution in [0.2, 0.25) is 0 Å². The number of nitrogens with zero attached hydrogens (tertiary/aromatic N) is 2. The van der Waals surface area contributed by atoms with Gasteiger partial charge in [-0.15, -0.1) is 0 Å². The topological polar surface area (TPSA) is 72.2 Å². The third-order valence-corrected chi connectivity index (χ3v) is 3.77. The predicted octanol–water partition coefficient (Wildman–Crippen LogP) is 0.413. The molecule has 0 saturated carbocycles. The van der Waals surface area contributed by atoms with Gasteiger partial charge in [0.25, 0.3) is 0 Å². The Kier molecular flexibility index (Phi) is 4.02. The number of carbonyl (C=O) groups is 1. The molecule has 0 fully saturated rings. The van der Waals surface area contributed by atoms with Gasteiger partial charge in [0, 0.05) is 35.5 Å². The standard InChI is InChI=1S/C9H14N2O3S/c1-7(9(12)13)15(14)6-5-11-4-3-10-8(11)2/h3-4,7H,5-6H2,1-2H3,(H,12,13). The van der Waals surface area contributed by atoms with E-state index < -0.39 is 22.0 Å². The van der Waals surface area contributed by atoms with E-state index in [2.05, 4.69) is 4.98 Å². The number of hydrogen-bond donors (Lipinski definition) is 1. The largest absolute Gasteiger partial charge is 0.480 e. The Morgan fingerprint density at radius 3 is 2.87 bits per heavy atom. The maximum Gasteiger partial charge on any atom is 0.318 e. The van der Waals surface area contributed by atoms with Gasteiger partial charge in [-0.2, -0.15) is 0 Å². The molecule has 2 atom stereocenters. The van der Waals surface area contributed by atoms with Crippen molar-refractivity contribution in [1.29, 1.82) is 0 Å². The van der Waals surface area contributed by atoms with Crippen molar-refractivity contribution in [1.82, 2.24) is 9.55 Å². The highest BCUT2D eigenvalue weighted by molar-refractivity contribution is 7.86. The molecule has 5 nitrogen and oxygen atoms in total. The number of hydrogen-bond acceptors (Lipinski definition) is 3. The predicted molar refractivity (Wildman–Crippen MR) is 57.1 cm³/mol. The van der Waals surface area contributed by atoms with Crippen LogP contribution in [0.5, 0.6) is 0 Å². The lowest BCUT2D eigenvalue weighted by molar-refractivity contribution is -0.136. The van der Waals surface area contributed by atoms with E-state index >= 15 is 0 Å². The summed E-state index contributed by atoms with van der Waals surface area (Å²) in [6, 6.07) is 0. The summed E-state index contributed by atoms with van der Waals surface area (Å²) < 4.78 is 13.3. The normalized spacial score (nSPS) is 14.8. The highest BCUT2D eigenvalue weighted by Crippen LogP contribution is 2.00. The molecule has 1 aromatic heterocycles. The highest BCUT2D eigenvalue weighted by Gasteiger charge is 2.18. The minimum absolute atomic E-state index is 0.338. The zero-order chi connectivity index (χ0) is 11.4. The van der Waals surface area contributed by atoms with Crippen LogP contribution < -0.4 is 0 Å². The van der Waals surface area contributed by atoms with Crippen LogP contribution in [0.15, 0.2) is 12.4 Å². The van der Waals surface area contributed by atoms with Gasteiger partial charge >= 0.3 is 5.97 Å². The van der Waals surface area contributed by atoms with E-state index in [1.54, 1.807) is 12.4 Å². The second kappa shape index (κ2) is 5.06. The van der Waals surface area contributed by atoms with Crippen LogP contribution in [-0.4, -0.2) is 35.8 Å². The van der Waals surface area contributed by atoms with Crippen molar-refractivity contribution in [3.05, 3.63) is 18.2 Å². The smallest absolute Gasteiger partial charge is 0.318 e. The fourth-order valence-corrected chi connectivity index (χ4v) is 2.07. The van der Waals surface area contributed by atoms with Crippen LogP contribution in [0, 0.1) is 6.92 Å². The molecule has 0 aliphatic rings. The average Bonchev–Trinajstić information content (AvgIpc) is 2.59. The zero-order valence-electron chi connectivity index (χ0n) is 8.71. The van der Waals surface area contributed by atoms with Gasteiger partial charge in [0.15, 0.2) is 0 Å². The Morgan fingerprint density at radius 1 is 1.73 bits per heavy atom. The van der Waals surface area contributed by atoms with Gasteiger partial charge in [-0.05, 0) is 13.8 Å². The molecular formula is C9H14N2O3S. The van der Waals surface area contributed by atoms with Crippen LogP contribution in [0.4, 0.5) is 0 Å². The third-order valence-electron chi connectivity index (χ3n) is 2.20. The SMILES string of the molecule is Cc1nccn1CCS(=O)C(C)C(=O)O.